The molecule has 2 aromatic heterocycles. The van der Waals surface area contributed by atoms with Crippen molar-refractivity contribution < 1.29 is 80.1 Å². The molecule has 4 aliphatic heterocycles. The van der Waals surface area contributed by atoms with Crippen LogP contribution in [0.4, 0.5) is 14.9 Å². The summed E-state index contributed by atoms with van der Waals surface area (Å²) in [6, 6.07) is 5.97. The number of imide groups is 1. The molecule has 5 N–H and O–H groups in total. The summed E-state index contributed by atoms with van der Waals surface area (Å²) in [5.41, 5.74) is 3.35. The summed E-state index contributed by atoms with van der Waals surface area (Å²) < 4.78 is 57.8. The molecule has 0 radical (unpaired) electrons. The molecule has 29 heteroatoms. The number of unbranched alkanes of at least 4 members (excludes halogenated alkanes) is 2. The highest BCUT2D eigenvalue weighted by molar-refractivity contribution is 7.90. The quantitative estimate of drug-likeness (QED) is 0.0158. The summed E-state index contributed by atoms with van der Waals surface area (Å²) in [6.45, 7) is 9.54. The number of carbonyl (C=O) groups is 10. The molecular formula is C65H80FN11O16S. The molecule has 1 saturated heterocycles. The van der Waals surface area contributed by atoms with Gasteiger partial charge in [-0.15, -0.1) is 5.10 Å². The number of Topliss-reactive ketones (excluding diaryl/α,β-unsaturated/α-hetero) is 1. The summed E-state index contributed by atoms with van der Waals surface area (Å²) in [6.07, 6.45) is 6.95. The van der Waals surface area contributed by atoms with E-state index in [1.165, 1.54) is 17.9 Å². The van der Waals surface area contributed by atoms with Crippen molar-refractivity contribution in [2.75, 3.05) is 50.3 Å². The van der Waals surface area contributed by atoms with Gasteiger partial charge in [0.25, 0.3) is 0 Å². The van der Waals surface area contributed by atoms with Crippen molar-refractivity contribution in [1.29, 1.82) is 0 Å². The van der Waals surface area contributed by atoms with Gasteiger partial charge in [0, 0.05) is 98.2 Å². The maximum absolute atomic E-state index is 15.5. The third-order valence-corrected chi connectivity index (χ3v) is 18.7. The van der Waals surface area contributed by atoms with E-state index in [0.717, 1.165) is 16.7 Å². The van der Waals surface area contributed by atoms with Gasteiger partial charge >= 0.3 is 18.0 Å². The maximum atomic E-state index is 15.5. The van der Waals surface area contributed by atoms with Crippen LogP contribution in [-0.2, 0) is 99.9 Å². The van der Waals surface area contributed by atoms with E-state index in [4.69, 9.17) is 19.2 Å². The van der Waals surface area contributed by atoms with E-state index in [1.54, 1.807) is 62.0 Å². The van der Waals surface area contributed by atoms with Crippen LogP contribution in [0.15, 0.2) is 53.8 Å². The number of halogens is 1. The molecule has 0 saturated carbocycles. The predicted molar refractivity (Wildman–Crippen MR) is 336 cm³/mol. The number of carbonyl (C=O) groups excluding carboxylic acids is 10. The number of hydrogen-bond acceptors (Lipinski definition) is 20. The number of esters is 2. The van der Waals surface area contributed by atoms with Crippen LogP contribution in [-0.4, -0.2) is 164 Å². The molecular weight excluding hydrogens is 1240 g/mol. The molecule has 504 valence electrons. The summed E-state index contributed by atoms with van der Waals surface area (Å²) in [5, 5.41) is 31.6. The number of nitrogens with one attached hydrogen (secondary N) is 4. The molecule has 1 unspecified atom stereocenters. The lowest BCUT2D eigenvalue weighted by molar-refractivity contribution is -0.172. The number of anilines is 1. The Morgan fingerprint density at radius 3 is 2.41 bits per heavy atom. The lowest BCUT2D eigenvalue weighted by atomic mass is 9.81. The summed E-state index contributed by atoms with van der Waals surface area (Å²) >= 11 is 0. The molecule has 27 nitrogen and oxygen atoms in total. The van der Waals surface area contributed by atoms with E-state index in [2.05, 4.69) is 31.6 Å². The van der Waals surface area contributed by atoms with Gasteiger partial charge in [-0.05, 0) is 98.8 Å². The van der Waals surface area contributed by atoms with Gasteiger partial charge in [0.05, 0.1) is 53.6 Å². The largest absolute Gasteiger partial charge is 0.444 e. The minimum Gasteiger partial charge on any atom is -0.444 e. The van der Waals surface area contributed by atoms with Gasteiger partial charge in [0.15, 0.2) is 5.60 Å². The van der Waals surface area contributed by atoms with Crippen LogP contribution in [0.2, 0.25) is 0 Å². The predicted octanol–water partition coefficient (Wildman–Crippen LogP) is 4.45. The fourth-order valence-corrected chi connectivity index (χ4v) is 12.8. The van der Waals surface area contributed by atoms with Crippen molar-refractivity contribution in [1.82, 2.24) is 50.6 Å². The first-order chi connectivity index (χ1) is 44.6. The summed E-state index contributed by atoms with van der Waals surface area (Å²) in [4.78, 5) is 139. The number of benzene rings is 2. The van der Waals surface area contributed by atoms with Gasteiger partial charge in [0.1, 0.15) is 53.1 Å². The number of aromatic nitrogens is 4. The average molecular weight is 1320 g/mol. The number of rotatable bonds is 30. The molecule has 5 atom stereocenters. The Bertz CT molecular complexity index is 3870. The number of sulfone groups is 1. The van der Waals surface area contributed by atoms with Gasteiger partial charge in [-0.3, -0.25) is 48.0 Å². The number of ketones is 1. The van der Waals surface area contributed by atoms with Crippen LogP contribution in [0.25, 0.3) is 16.6 Å². The van der Waals surface area contributed by atoms with Gasteiger partial charge in [-0.25, -0.2) is 32.2 Å². The molecule has 5 aliphatic rings. The number of ether oxygens (including phenoxy) is 3. The third-order valence-electron chi connectivity index (χ3n) is 17.8. The highest BCUT2D eigenvalue weighted by Crippen LogP contribution is 2.48. The molecule has 9 rings (SSSR count). The molecule has 1 aliphatic carbocycles. The topological polar surface area (TPSA) is 354 Å². The second kappa shape index (κ2) is 29.6. The molecule has 94 heavy (non-hydrogen) atoms. The van der Waals surface area contributed by atoms with Crippen molar-refractivity contribution in [2.24, 2.45) is 17.8 Å². The van der Waals surface area contributed by atoms with Crippen molar-refractivity contribution in [3.63, 3.8) is 0 Å². The fraction of sp³-hybridized carbons (Fsp3) is 0.523. The fourth-order valence-electron chi connectivity index (χ4n) is 12.3. The van der Waals surface area contributed by atoms with Crippen LogP contribution in [0, 0.1) is 30.5 Å². The summed E-state index contributed by atoms with van der Waals surface area (Å²) in [5.74, 6) is -6.28. The lowest BCUT2D eigenvalue weighted by Gasteiger charge is -2.36. The highest BCUT2D eigenvalue weighted by atomic mass is 32.2. The molecule has 7 amide bonds. The van der Waals surface area contributed by atoms with E-state index in [1.807, 2.05) is 18.7 Å². The van der Waals surface area contributed by atoms with Crippen LogP contribution in [0.5, 0.6) is 0 Å². The second-order valence-corrected chi connectivity index (χ2v) is 27.4. The van der Waals surface area contributed by atoms with Crippen molar-refractivity contribution in [3.05, 3.63) is 98.8 Å². The first kappa shape index (κ1) is 69.5. The highest BCUT2D eigenvalue weighted by Gasteiger charge is 2.51. The number of likely N-dealkylation sites (tertiary alicyclic amines) is 1. The van der Waals surface area contributed by atoms with Crippen molar-refractivity contribution in [2.45, 2.75) is 156 Å². The van der Waals surface area contributed by atoms with Crippen LogP contribution >= 0.6 is 0 Å². The van der Waals surface area contributed by atoms with E-state index >= 15 is 4.39 Å². The van der Waals surface area contributed by atoms with Gasteiger partial charge in [-0.2, -0.15) is 0 Å². The van der Waals surface area contributed by atoms with E-state index in [9.17, 15) is 61.5 Å². The normalized spacial score (nSPS) is 18.9. The molecule has 0 spiro atoms. The number of nitrogens with zero attached hydrogens (tertiary/aromatic N) is 7. The minimum atomic E-state index is -3.59. The molecule has 1 fully saturated rings. The lowest BCUT2D eigenvalue weighted by Crippen LogP contribution is -2.49. The zero-order valence-electron chi connectivity index (χ0n) is 53.8. The smallest absolute Gasteiger partial charge is 0.411 e. The number of pyridine rings is 1. The molecule has 6 heterocycles. The Hall–Kier alpha value is -8.83. The number of amides is 7. The zero-order chi connectivity index (χ0) is 67.9. The molecule has 0 bridgehead atoms. The zero-order valence-corrected chi connectivity index (χ0v) is 54.6. The van der Waals surface area contributed by atoms with Crippen LogP contribution in [0.1, 0.15) is 144 Å². The first-order valence-corrected chi connectivity index (χ1v) is 33.7. The SMILES string of the molecule is CC[C@@]1(O)C(=O)OC(=O)C2=C1C=C1c3nc4cc(F)c(C)c5c4c(c3CN1C2)[C@@H](NC(=O)COCN(CCS(C)(=O)=O)C(=O)OCc1ccc(NC(=O)[C@H](C)NC(=O)[C@@H](CC(=O)CCCn2cc(CNC(=O)CCCCCN3C(=O)CC(C)C3=O)nn2)C(C)C)cc1)CC5. The standard InChI is InChI=1S/C65H80FN11O16S/c1-8-65(88)48-27-52-58-47(32-75(52)31-46(48)62(85)93-63(65)86)57-50(20-19-44-38(5)49(66)28-51(71-58)56(44)57)70-54(80)34-91-35-74(23-24-94(7,89)90)64(87)92-33-40-15-17-41(18-16-40)69-59(82)39(6)68-60(83)45(36(2)3)26-43(78)13-12-21-76-30-42(72-73-76)29-67-53(79)14-10-9-11-22-77-55(81)25-37(4)61(77)84/h15-18,27-28,30,36-37,39,45,50,88H,8-14,19-26,29,31-35H2,1-7H3,(H,67,79)(H,68,83)(H,69,82)(H,70,80)/t37?,39-,45-,50-,65-/m0/s1. The Morgan fingerprint density at radius 1 is 0.957 bits per heavy atom. The Labute approximate surface area is 542 Å². The second-order valence-electron chi connectivity index (χ2n) is 25.1. The van der Waals surface area contributed by atoms with Crippen molar-refractivity contribution in [3.8, 4) is 0 Å². The number of aryl methyl sites for hydroxylation is 2. The number of fused-ring (bicyclic) bond motifs is 4. The monoisotopic (exact) mass is 1320 g/mol. The van der Waals surface area contributed by atoms with E-state index in [0.29, 0.717) is 108 Å². The minimum absolute atomic E-state index is 0.0101. The van der Waals surface area contributed by atoms with Gasteiger partial charge in [-0.1, -0.05) is 51.5 Å². The van der Waals surface area contributed by atoms with Gasteiger partial charge < -0.3 is 45.5 Å². The molecule has 2 aromatic carbocycles. The Balaban J connectivity index is 0.710. The number of hydrogen-bond donors (Lipinski definition) is 5. The Kier molecular flexibility index (Phi) is 21.9. The van der Waals surface area contributed by atoms with Gasteiger partial charge in [0.2, 0.25) is 35.4 Å². The number of cyclic esters (lactones) is 2. The van der Waals surface area contributed by atoms with Crippen molar-refractivity contribution >= 4 is 91.4 Å². The van der Waals surface area contributed by atoms with E-state index in [-0.39, 0.29) is 111 Å². The number of aliphatic hydroxyl groups is 1. The van der Waals surface area contributed by atoms with Crippen LogP contribution < -0.4 is 21.3 Å². The summed E-state index contributed by atoms with van der Waals surface area (Å²) in [7, 11) is -3.59. The van der Waals surface area contributed by atoms with E-state index < -0.39 is 94.1 Å². The first-order valence-electron chi connectivity index (χ1n) is 31.6. The third kappa shape index (κ3) is 16.2. The van der Waals surface area contributed by atoms with Crippen LogP contribution in [0.3, 0.4) is 0 Å². The average Bonchev–Trinajstić information content (AvgIpc) is 1.59. The maximum Gasteiger partial charge on any atom is 0.411 e. The molecule has 4 aromatic rings. The Morgan fingerprint density at radius 2 is 1.71 bits per heavy atom.